The van der Waals surface area contributed by atoms with Gasteiger partial charge in [0, 0.05) is 16.6 Å². The third-order valence-electron chi connectivity index (χ3n) is 5.97. The molecule has 138 valence electrons. The van der Waals surface area contributed by atoms with Crippen LogP contribution in [0.25, 0.3) is 0 Å². The summed E-state index contributed by atoms with van der Waals surface area (Å²) in [5.74, 6) is 2.48. The maximum Gasteiger partial charge on any atom is 0.278 e. The second kappa shape index (κ2) is 6.78. The Morgan fingerprint density at radius 2 is 1.88 bits per heavy atom. The summed E-state index contributed by atoms with van der Waals surface area (Å²) < 4.78 is 0. The molecule has 5 rings (SSSR count). The highest BCUT2D eigenvalue weighted by atomic mass is 35.5. The molecule has 8 heteroatoms. The zero-order valence-electron chi connectivity index (χ0n) is 14.3. The van der Waals surface area contributed by atoms with E-state index >= 15 is 0 Å². The Morgan fingerprint density at radius 3 is 2.46 bits per heavy atom. The standard InChI is InChI=1S/C18H21ClN4O2S/c19-15-1-2-16(23(24)25)14(6-15)10-20-22-17(26)21-18-7-11-3-12(8-18)5-13(4-11)9-18/h1-2,6,10-13H,3-5,7-9H2,(H2,21,22,26). The summed E-state index contributed by atoms with van der Waals surface area (Å²) in [5, 5.41) is 19.6. The quantitative estimate of drug-likeness (QED) is 0.350. The SMILES string of the molecule is O=[N+]([O-])c1ccc(Cl)cc1C=NNC(=S)NC12CC3CC(CC(C3)C1)C2. The molecular formula is C18H21ClN4O2S. The minimum atomic E-state index is -0.455. The lowest BCUT2D eigenvalue weighted by Crippen LogP contribution is -2.61. The van der Waals surface area contributed by atoms with E-state index < -0.39 is 4.92 Å². The number of hydrazone groups is 1. The molecule has 1 aromatic rings. The molecule has 4 fully saturated rings. The number of nitrogens with one attached hydrogen (secondary N) is 2. The van der Waals surface area contributed by atoms with Crippen molar-refractivity contribution in [3.05, 3.63) is 38.9 Å². The van der Waals surface area contributed by atoms with Crippen LogP contribution in [-0.4, -0.2) is 21.8 Å². The monoisotopic (exact) mass is 392 g/mol. The third-order valence-corrected chi connectivity index (χ3v) is 6.40. The maximum absolute atomic E-state index is 11.1. The van der Waals surface area contributed by atoms with Crippen LogP contribution in [-0.2, 0) is 0 Å². The number of hydrogen-bond donors (Lipinski definition) is 2. The van der Waals surface area contributed by atoms with E-state index in [1.165, 1.54) is 62.9 Å². The summed E-state index contributed by atoms with van der Waals surface area (Å²) in [4.78, 5) is 10.6. The van der Waals surface area contributed by atoms with Gasteiger partial charge in [-0.3, -0.25) is 15.5 Å². The van der Waals surface area contributed by atoms with Gasteiger partial charge in [0.2, 0.25) is 0 Å². The Kier molecular flexibility index (Phi) is 4.61. The van der Waals surface area contributed by atoms with E-state index in [0.29, 0.717) is 15.7 Å². The fourth-order valence-corrected chi connectivity index (χ4v) is 5.94. The lowest BCUT2D eigenvalue weighted by atomic mass is 9.53. The second-order valence-electron chi connectivity index (χ2n) is 7.98. The summed E-state index contributed by atoms with van der Waals surface area (Å²) in [5.41, 5.74) is 3.22. The first-order chi connectivity index (χ1) is 12.4. The Hall–Kier alpha value is -1.73. The van der Waals surface area contributed by atoms with Crippen molar-refractivity contribution in [1.82, 2.24) is 10.7 Å². The van der Waals surface area contributed by atoms with Crippen LogP contribution in [0.1, 0.15) is 44.1 Å². The predicted molar refractivity (Wildman–Crippen MR) is 105 cm³/mol. The summed E-state index contributed by atoms with van der Waals surface area (Å²) in [7, 11) is 0. The Balaban J connectivity index is 1.40. The highest BCUT2D eigenvalue weighted by Crippen LogP contribution is 2.55. The van der Waals surface area contributed by atoms with E-state index in [1.807, 2.05) is 0 Å². The number of hydrogen-bond acceptors (Lipinski definition) is 4. The first-order valence-electron chi connectivity index (χ1n) is 8.98. The van der Waals surface area contributed by atoms with Gasteiger partial charge in [0.1, 0.15) is 0 Å². The average molecular weight is 393 g/mol. The fraction of sp³-hybridized carbons (Fsp3) is 0.556. The van der Waals surface area contributed by atoms with Gasteiger partial charge in [-0.25, -0.2) is 0 Å². The van der Waals surface area contributed by atoms with Crippen molar-refractivity contribution in [3.8, 4) is 0 Å². The van der Waals surface area contributed by atoms with E-state index in [1.54, 1.807) is 0 Å². The van der Waals surface area contributed by atoms with Crippen LogP contribution in [0.5, 0.6) is 0 Å². The first kappa shape index (κ1) is 17.7. The molecule has 4 aliphatic rings. The highest BCUT2D eigenvalue weighted by Gasteiger charge is 2.51. The van der Waals surface area contributed by atoms with E-state index in [0.717, 1.165) is 17.8 Å². The van der Waals surface area contributed by atoms with Crippen molar-refractivity contribution in [1.29, 1.82) is 0 Å². The van der Waals surface area contributed by atoms with Gasteiger partial charge >= 0.3 is 0 Å². The van der Waals surface area contributed by atoms with E-state index in [2.05, 4.69) is 15.8 Å². The third kappa shape index (κ3) is 3.55. The van der Waals surface area contributed by atoms with Crippen LogP contribution >= 0.6 is 23.8 Å². The van der Waals surface area contributed by atoms with Gasteiger partial charge in [-0.2, -0.15) is 5.10 Å². The second-order valence-corrected chi connectivity index (χ2v) is 8.83. The van der Waals surface area contributed by atoms with E-state index in [4.69, 9.17) is 23.8 Å². The molecule has 0 aromatic heterocycles. The predicted octanol–water partition coefficient (Wildman–Crippen LogP) is 4.02. The van der Waals surface area contributed by atoms with Crippen molar-refractivity contribution in [3.63, 3.8) is 0 Å². The van der Waals surface area contributed by atoms with Crippen LogP contribution in [0.2, 0.25) is 5.02 Å². The fourth-order valence-electron chi connectivity index (χ4n) is 5.49. The van der Waals surface area contributed by atoms with Crippen LogP contribution in [0.3, 0.4) is 0 Å². The van der Waals surface area contributed by atoms with Crippen molar-refractivity contribution >= 4 is 40.8 Å². The molecule has 0 aliphatic heterocycles. The first-order valence-corrected chi connectivity index (χ1v) is 9.76. The lowest BCUT2D eigenvalue weighted by molar-refractivity contribution is -0.385. The summed E-state index contributed by atoms with van der Waals surface area (Å²) in [6.07, 6.45) is 9.06. The zero-order chi connectivity index (χ0) is 18.3. The Morgan fingerprint density at radius 1 is 1.27 bits per heavy atom. The summed E-state index contributed by atoms with van der Waals surface area (Å²) >= 11 is 11.3. The zero-order valence-corrected chi connectivity index (χ0v) is 15.9. The average Bonchev–Trinajstić information content (AvgIpc) is 2.52. The number of rotatable bonds is 4. The molecule has 1 aromatic carbocycles. The molecule has 6 nitrogen and oxygen atoms in total. The molecule has 0 spiro atoms. The minimum absolute atomic E-state index is 0.0417. The van der Waals surface area contributed by atoms with Crippen molar-refractivity contribution in [2.45, 2.75) is 44.1 Å². The molecule has 0 radical (unpaired) electrons. The molecule has 4 aliphatic carbocycles. The number of nitrogens with zero attached hydrogens (tertiary/aromatic N) is 2. The number of thiocarbonyl (C=S) groups is 1. The molecule has 0 heterocycles. The van der Waals surface area contributed by atoms with Gasteiger partial charge < -0.3 is 5.32 Å². The van der Waals surface area contributed by atoms with Crippen molar-refractivity contribution in [2.75, 3.05) is 0 Å². The number of nitro groups is 1. The van der Waals surface area contributed by atoms with Crippen molar-refractivity contribution < 1.29 is 4.92 Å². The van der Waals surface area contributed by atoms with Gasteiger partial charge in [0.25, 0.3) is 5.69 Å². The summed E-state index contributed by atoms with van der Waals surface area (Å²) in [6, 6.07) is 4.37. The molecule has 0 amide bonds. The molecule has 0 saturated heterocycles. The smallest absolute Gasteiger partial charge is 0.278 e. The Bertz CT molecular complexity index is 747. The van der Waals surface area contributed by atoms with Crippen LogP contribution in [0.4, 0.5) is 5.69 Å². The Labute approximate surface area is 162 Å². The summed E-state index contributed by atoms with van der Waals surface area (Å²) in [6.45, 7) is 0. The maximum atomic E-state index is 11.1. The van der Waals surface area contributed by atoms with Crippen LogP contribution < -0.4 is 10.7 Å². The molecule has 0 atom stereocenters. The van der Waals surface area contributed by atoms with Gasteiger partial charge in [0.05, 0.1) is 16.7 Å². The largest absolute Gasteiger partial charge is 0.356 e. The minimum Gasteiger partial charge on any atom is -0.356 e. The molecule has 0 unspecified atom stereocenters. The van der Waals surface area contributed by atoms with Gasteiger partial charge in [0.15, 0.2) is 5.11 Å². The number of benzene rings is 1. The normalized spacial score (nSPS) is 32.0. The van der Waals surface area contributed by atoms with E-state index in [-0.39, 0.29) is 11.2 Å². The van der Waals surface area contributed by atoms with Gasteiger partial charge in [-0.05, 0) is 80.6 Å². The molecular weight excluding hydrogens is 372 g/mol. The van der Waals surface area contributed by atoms with Crippen LogP contribution in [0, 0.1) is 27.9 Å². The number of halogens is 1. The molecule has 26 heavy (non-hydrogen) atoms. The van der Waals surface area contributed by atoms with E-state index in [9.17, 15) is 10.1 Å². The molecule has 2 N–H and O–H groups in total. The van der Waals surface area contributed by atoms with Gasteiger partial charge in [-0.1, -0.05) is 11.6 Å². The van der Waals surface area contributed by atoms with Crippen molar-refractivity contribution in [2.24, 2.45) is 22.9 Å². The van der Waals surface area contributed by atoms with Crippen LogP contribution in [0.15, 0.2) is 23.3 Å². The van der Waals surface area contributed by atoms with Gasteiger partial charge in [-0.15, -0.1) is 0 Å². The highest BCUT2D eigenvalue weighted by molar-refractivity contribution is 7.80. The molecule has 4 bridgehead atoms. The topological polar surface area (TPSA) is 79.6 Å². The number of nitro benzene ring substituents is 1. The lowest BCUT2D eigenvalue weighted by Gasteiger charge is -2.57. The molecule has 4 saturated carbocycles.